The molecule has 1 aliphatic heterocycles. The summed E-state index contributed by atoms with van der Waals surface area (Å²) in [5.41, 5.74) is 2.59. The molecule has 3 rings (SSSR count). The fourth-order valence-corrected chi connectivity index (χ4v) is 3.14. The molecular formula is C13H15N3O2S. The second kappa shape index (κ2) is 4.47. The predicted molar refractivity (Wildman–Crippen MR) is 72.8 cm³/mol. The maximum atomic E-state index is 12.3. The van der Waals surface area contributed by atoms with Crippen molar-refractivity contribution >= 4 is 17.2 Å². The number of aliphatic hydroxyl groups excluding tert-OH is 1. The van der Waals surface area contributed by atoms with Crippen LogP contribution in [0.15, 0.2) is 17.6 Å². The summed E-state index contributed by atoms with van der Waals surface area (Å²) in [6.07, 6.45) is 1.39. The van der Waals surface area contributed by atoms with Crippen molar-refractivity contribution in [2.75, 3.05) is 13.1 Å². The number of hydrogen-bond donors (Lipinski definition) is 1. The Labute approximate surface area is 115 Å². The summed E-state index contributed by atoms with van der Waals surface area (Å²) in [7, 11) is 0. The first-order valence-electron chi connectivity index (χ1n) is 6.14. The maximum Gasteiger partial charge on any atom is 0.255 e. The van der Waals surface area contributed by atoms with E-state index in [9.17, 15) is 9.90 Å². The Kier molecular flexibility index (Phi) is 2.91. The molecule has 0 bridgehead atoms. The molecule has 3 heterocycles. The van der Waals surface area contributed by atoms with Crippen LogP contribution in [-0.4, -0.2) is 44.7 Å². The van der Waals surface area contributed by atoms with Crippen molar-refractivity contribution < 1.29 is 9.90 Å². The van der Waals surface area contributed by atoms with Crippen LogP contribution in [0, 0.1) is 13.8 Å². The Morgan fingerprint density at radius 2 is 2.21 bits per heavy atom. The van der Waals surface area contributed by atoms with Crippen molar-refractivity contribution in [1.82, 2.24) is 14.5 Å². The van der Waals surface area contributed by atoms with E-state index >= 15 is 0 Å². The van der Waals surface area contributed by atoms with E-state index in [1.165, 1.54) is 0 Å². The van der Waals surface area contributed by atoms with E-state index in [-0.39, 0.29) is 12.0 Å². The van der Waals surface area contributed by atoms with Gasteiger partial charge in [-0.2, -0.15) is 0 Å². The van der Waals surface area contributed by atoms with Crippen molar-refractivity contribution in [2.45, 2.75) is 20.0 Å². The zero-order chi connectivity index (χ0) is 13.6. The van der Waals surface area contributed by atoms with Gasteiger partial charge in [-0.3, -0.25) is 9.36 Å². The van der Waals surface area contributed by atoms with Gasteiger partial charge in [-0.15, -0.1) is 11.3 Å². The van der Waals surface area contributed by atoms with Gasteiger partial charge in [0, 0.05) is 36.1 Å². The lowest BCUT2D eigenvalue weighted by Crippen LogP contribution is -2.53. The molecular weight excluding hydrogens is 262 g/mol. The second-order valence-corrected chi connectivity index (χ2v) is 5.67. The Hall–Kier alpha value is -1.66. The molecule has 0 saturated carbocycles. The summed E-state index contributed by atoms with van der Waals surface area (Å²) in [4.78, 5) is 18.3. The molecule has 0 radical (unpaired) electrons. The summed E-state index contributed by atoms with van der Waals surface area (Å²) in [6, 6.07) is 1.89. The van der Waals surface area contributed by atoms with E-state index in [1.807, 2.05) is 29.9 Å². The highest BCUT2D eigenvalue weighted by atomic mass is 32.1. The third-order valence-electron chi connectivity index (χ3n) is 3.42. The molecule has 19 heavy (non-hydrogen) atoms. The molecule has 5 nitrogen and oxygen atoms in total. The van der Waals surface area contributed by atoms with Gasteiger partial charge in [0.05, 0.1) is 11.7 Å². The first-order chi connectivity index (χ1) is 9.08. The lowest BCUT2D eigenvalue weighted by atomic mass is 10.1. The third-order valence-corrected chi connectivity index (χ3v) is 4.18. The van der Waals surface area contributed by atoms with Crippen molar-refractivity contribution in [3.8, 4) is 5.13 Å². The molecule has 1 aliphatic rings. The molecule has 0 atom stereocenters. The zero-order valence-corrected chi connectivity index (χ0v) is 11.6. The minimum absolute atomic E-state index is 0.0128. The number of aryl methyl sites for hydroxylation is 1. The predicted octanol–water partition coefficient (Wildman–Crippen LogP) is 1.37. The lowest BCUT2D eigenvalue weighted by molar-refractivity contribution is 0.00584. The van der Waals surface area contributed by atoms with Gasteiger partial charge in [0.2, 0.25) is 0 Å². The van der Waals surface area contributed by atoms with Crippen molar-refractivity contribution in [2.24, 2.45) is 0 Å². The minimum atomic E-state index is -0.369. The topological polar surface area (TPSA) is 58.4 Å². The van der Waals surface area contributed by atoms with Crippen LogP contribution in [0.4, 0.5) is 0 Å². The molecule has 100 valence electrons. The quantitative estimate of drug-likeness (QED) is 0.902. The number of hydrogen-bond acceptors (Lipinski definition) is 4. The number of aliphatic hydroxyl groups is 1. The average molecular weight is 277 g/mol. The third kappa shape index (κ3) is 1.97. The number of carbonyl (C=O) groups is 1. The summed E-state index contributed by atoms with van der Waals surface area (Å²) in [5.74, 6) is -0.0128. The van der Waals surface area contributed by atoms with Crippen LogP contribution in [0.25, 0.3) is 5.13 Å². The van der Waals surface area contributed by atoms with E-state index in [0.717, 1.165) is 16.5 Å². The first kappa shape index (κ1) is 12.4. The maximum absolute atomic E-state index is 12.3. The molecule has 6 heteroatoms. The van der Waals surface area contributed by atoms with E-state index in [1.54, 1.807) is 22.4 Å². The molecule has 2 aromatic rings. The SMILES string of the molecule is Cc1cc(C(=O)N2CC(O)C2)c(C)n1-c1nccs1. The molecule has 1 saturated heterocycles. The Balaban J connectivity index is 1.96. The van der Waals surface area contributed by atoms with Crippen molar-refractivity contribution in [3.63, 3.8) is 0 Å². The van der Waals surface area contributed by atoms with Crippen LogP contribution in [0.3, 0.4) is 0 Å². The number of carbonyl (C=O) groups excluding carboxylic acids is 1. The van der Waals surface area contributed by atoms with Gasteiger partial charge in [-0.25, -0.2) is 4.98 Å². The largest absolute Gasteiger partial charge is 0.389 e. The summed E-state index contributed by atoms with van der Waals surface area (Å²) in [5, 5.41) is 12.1. The number of rotatable bonds is 2. The number of β-amino-alcohol motifs (C(OH)–C–C–N with tert-alkyl or cyclic N) is 1. The molecule has 1 fully saturated rings. The van der Waals surface area contributed by atoms with Gasteiger partial charge in [0.25, 0.3) is 5.91 Å². The summed E-state index contributed by atoms with van der Waals surface area (Å²) < 4.78 is 1.99. The van der Waals surface area contributed by atoms with Gasteiger partial charge in [-0.05, 0) is 19.9 Å². The minimum Gasteiger partial charge on any atom is -0.389 e. The van der Waals surface area contributed by atoms with Gasteiger partial charge in [-0.1, -0.05) is 0 Å². The van der Waals surface area contributed by atoms with Crippen LogP contribution < -0.4 is 0 Å². The average Bonchev–Trinajstić information content (AvgIpc) is 2.93. The van der Waals surface area contributed by atoms with Crippen molar-refractivity contribution in [3.05, 3.63) is 34.6 Å². The molecule has 0 spiro atoms. The smallest absolute Gasteiger partial charge is 0.255 e. The summed E-state index contributed by atoms with van der Waals surface area (Å²) in [6.45, 7) is 4.76. The number of thiazole rings is 1. The molecule has 0 aliphatic carbocycles. The first-order valence-corrected chi connectivity index (χ1v) is 7.02. The van der Waals surface area contributed by atoms with Gasteiger partial charge in [0.15, 0.2) is 5.13 Å². The number of nitrogens with zero attached hydrogens (tertiary/aromatic N) is 3. The zero-order valence-electron chi connectivity index (χ0n) is 10.8. The van der Waals surface area contributed by atoms with E-state index in [0.29, 0.717) is 18.7 Å². The molecule has 1 N–H and O–H groups in total. The van der Waals surface area contributed by atoms with E-state index in [4.69, 9.17) is 0 Å². The molecule has 0 aromatic carbocycles. The van der Waals surface area contributed by atoms with Crippen LogP contribution in [0.1, 0.15) is 21.7 Å². The van der Waals surface area contributed by atoms with Crippen molar-refractivity contribution in [1.29, 1.82) is 0 Å². The van der Waals surface area contributed by atoms with Crippen LogP contribution in [0.5, 0.6) is 0 Å². The van der Waals surface area contributed by atoms with E-state index < -0.39 is 0 Å². The fraction of sp³-hybridized carbons (Fsp3) is 0.385. The Morgan fingerprint density at radius 1 is 1.47 bits per heavy atom. The molecule has 1 amide bonds. The van der Waals surface area contributed by atoms with Gasteiger partial charge < -0.3 is 10.0 Å². The Bertz CT molecular complexity index is 612. The highest BCUT2D eigenvalue weighted by molar-refractivity contribution is 7.12. The summed E-state index contributed by atoms with van der Waals surface area (Å²) >= 11 is 1.54. The van der Waals surface area contributed by atoms with Crippen LogP contribution >= 0.6 is 11.3 Å². The highest BCUT2D eigenvalue weighted by Crippen LogP contribution is 2.24. The normalized spacial score (nSPS) is 15.6. The second-order valence-electron chi connectivity index (χ2n) is 4.80. The lowest BCUT2D eigenvalue weighted by Gasteiger charge is -2.35. The van der Waals surface area contributed by atoms with Gasteiger partial charge >= 0.3 is 0 Å². The Morgan fingerprint density at radius 3 is 2.79 bits per heavy atom. The molecule has 0 unspecified atom stereocenters. The van der Waals surface area contributed by atoms with E-state index in [2.05, 4.69) is 4.98 Å². The molecule has 2 aromatic heterocycles. The van der Waals surface area contributed by atoms with Gasteiger partial charge in [0.1, 0.15) is 0 Å². The van der Waals surface area contributed by atoms with Crippen LogP contribution in [0.2, 0.25) is 0 Å². The number of aromatic nitrogens is 2. The fourth-order valence-electron chi connectivity index (χ4n) is 2.39. The monoisotopic (exact) mass is 277 g/mol. The van der Waals surface area contributed by atoms with Crippen LogP contribution in [-0.2, 0) is 0 Å². The highest BCUT2D eigenvalue weighted by Gasteiger charge is 2.31. The number of amides is 1. The standard InChI is InChI=1S/C13H15N3O2S/c1-8-5-11(12(18)15-6-10(17)7-15)9(2)16(8)13-14-3-4-19-13/h3-5,10,17H,6-7H2,1-2H3. The number of likely N-dealkylation sites (tertiary alicyclic amines) is 1.